The smallest absolute Gasteiger partial charge is 0.138 e. The van der Waals surface area contributed by atoms with Gasteiger partial charge in [-0.2, -0.15) is 0 Å². The Labute approximate surface area is 98.6 Å². The lowest BCUT2D eigenvalue weighted by molar-refractivity contribution is 0.993. The van der Waals surface area contributed by atoms with Gasteiger partial charge in [0, 0.05) is 18.6 Å². The third-order valence-electron chi connectivity index (χ3n) is 2.43. The first kappa shape index (κ1) is 9.72. The minimum absolute atomic E-state index is 0.839. The zero-order valence-corrected chi connectivity index (χ0v) is 9.06. The topological polar surface area (TPSA) is 43.6 Å². The molecule has 82 valence electrons. The SMILES string of the molecule is c1ccc(-c2cccc(-n3ccnc3)n2)nc1. The molecule has 0 aliphatic carbocycles. The van der Waals surface area contributed by atoms with Crippen molar-refractivity contribution in [1.29, 1.82) is 0 Å². The zero-order valence-electron chi connectivity index (χ0n) is 9.06. The molecule has 0 bridgehead atoms. The second kappa shape index (κ2) is 4.17. The summed E-state index contributed by atoms with van der Waals surface area (Å²) in [4.78, 5) is 12.8. The van der Waals surface area contributed by atoms with Crippen molar-refractivity contribution in [1.82, 2.24) is 19.5 Å². The Morgan fingerprint density at radius 2 is 1.82 bits per heavy atom. The Kier molecular flexibility index (Phi) is 2.38. The van der Waals surface area contributed by atoms with Crippen LogP contribution < -0.4 is 0 Å². The molecule has 0 radical (unpaired) electrons. The van der Waals surface area contributed by atoms with Gasteiger partial charge in [-0.25, -0.2) is 9.97 Å². The average molecular weight is 222 g/mol. The van der Waals surface area contributed by atoms with Crippen molar-refractivity contribution < 1.29 is 0 Å². The lowest BCUT2D eigenvalue weighted by Gasteiger charge is -2.04. The molecule has 0 fully saturated rings. The quantitative estimate of drug-likeness (QED) is 0.668. The van der Waals surface area contributed by atoms with Gasteiger partial charge in [0.2, 0.25) is 0 Å². The highest BCUT2D eigenvalue weighted by atomic mass is 15.1. The Morgan fingerprint density at radius 1 is 0.882 bits per heavy atom. The van der Waals surface area contributed by atoms with Crippen molar-refractivity contribution >= 4 is 0 Å². The first-order valence-electron chi connectivity index (χ1n) is 5.30. The molecule has 0 spiro atoms. The van der Waals surface area contributed by atoms with Crippen LogP contribution >= 0.6 is 0 Å². The van der Waals surface area contributed by atoms with Gasteiger partial charge in [0.25, 0.3) is 0 Å². The summed E-state index contributed by atoms with van der Waals surface area (Å²) >= 11 is 0. The maximum Gasteiger partial charge on any atom is 0.138 e. The highest BCUT2D eigenvalue weighted by molar-refractivity contribution is 5.54. The molecular weight excluding hydrogens is 212 g/mol. The Bertz CT molecular complexity index is 602. The summed E-state index contributed by atoms with van der Waals surface area (Å²) in [6.07, 6.45) is 7.09. The average Bonchev–Trinajstić information content (AvgIpc) is 2.94. The van der Waals surface area contributed by atoms with Crippen molar-refractivity contribution in [3.63, 3.8) is 0 Å². The molecule has 0 atom stereocenters. The van der Waals surface area contributed by atoms with Crippen LogP contribution in [0, 0.1) is 0 Å². The van der Waals surface area contributed by atoms with Gasteiger partial charge in [0.05, 0.1) is 11.4 Å². The molecule has 3 heterocycles. The van der Waals surface area contributed by atoms with E-state index in [9.17, 15) is 0 Å². The summed E-state index contributed by atoms with van der Waals surface area (Å²) in [7, 11) is 0. The van der Waals surface area contributed by atoms with Crippen molar-refractivity contribution in [2.45, 2.75) is 0 Å². The summed E-state index contributed by atoms with van der Waals surface area (Å²) in [5, 5.41) is 0. The Hall–Kier alpha value is -2.49. The van der Waals surface area contributed by atoms with Crippen LogP contribution in [-0.2, 0) is 0 Å². The summed E-state index contributed by atoms with van der Waals surface area (Å²) in [5.74, 6) is 0.839. The summed E-state index contributed by atoms with van der Waals surface area (Å²) < 4.78 is 1.87. The third kappa shape index (κ3) is 1.92. The monoisotopic (exact) mass is 222 g/mol. The second-order valence-electron chi connectivity index (χ2n) is 3.57. The second-order valence-corrected chi connectivity index (χ2v) is 3.57. The fourth-order valence-electron chi connectivity index (χ4n) is 1.62. The standard InChI is InChI=1S/C13H10N4/c1-2-7-15-11(4-1)12-5-3-6-13(16-12)17-9-8-14-10-17/h1-10H. The van der Waals surface area contributed by atoms with E-state index in [2.05, 4.69) is 15.0 Å². The summed E-state index contributed by atoms with van der Waals surface area (Å²) in [5.41, 5.74) is 1.73. The molecule has 0 saturated carbocycles. The molecule has 4 heteroatoms. The molecule has 0 aromatic carbocycles. The fraction of sp³-hybridized carbons (Fsp3) is 0. The van der Waals surface area contributed by atoms with Gasteiger partial charge in [-0.1, -0.05) is 12.1 Å². The van der Waals surface area contributed by atoms with E-state index in [1.165, 1.54) is 0 Å². The predicted molar refractivity (Wildman–Crippen MR) is 64.6 cm³/mol. The predicted octanol–water partition coefficient (Wildman–Crippen LogP) is 2.33. The molecule has 0 aliphatic heterocycles. The Balaban J connectivity index is 2.06. The van der Waals surface area contributed by atoms with Crippen molar-refractivity contribution in [3.8, 4) is 17.2 Å². The Morgan fingerprint density at radius 3 is 2.59 bits per heavy atom. The van der Waals surface area contributed by atoms with Crippen molar-refractivity contribution in [2.75, 3.05) is 0 Å². The fourth-order valence-corrected chi connectivity index (χ4v) is 1.62. The molecule has 0 saturated heterocycles. The van der Waals surface area contributed by atoms with Crippen molar-refractivity contribution in [3.05, 3.63) is 61.3 Å². The van der Waals surface area contributed by atoms with E-state index in [1.54, 1.807) is 18.7 Å². The van der Waals surface area contributed by atoms with Crippen LogP contribution in [0.3, 0.4) is 0 Å². The minimum Gasteiger partial charge on any atom is -0.291 e. The third-order valence-corrected chi connectivity index (χ3v) is 2.43. The van der Waals surface area contributed by atoms with Gasteiger partial charge >= 0.3 is 0 Å². The van der Waals surface area contributed by atoms with Gasteiger partial charge in [-0.15, -0.1) is 0 Å². The number of aromatic nitrogens is 4. The maximum atomic E-state index is 4.55. The molecule has 3 rings (SSSR count). The molecule has 3 aromatic rings. The molecule has 17 heavy (non-hydrogen) atoms. The number of pyridine rings is 2. The number of nitrogens with zero attached hydrogens (tertiary/aromatic N) is 4. The van der Waals surface area contributed by atoms with Crippen LogP contribution in [0.25, 0.3) is 17.2 Å². The van der Waals surface area contributed by atoms with E-state index in [4.69, 9.17) is 0 Å². The lowest BCUT2D eigenvalue weighted by atomic mass is 10.2. The highest BCUT2D eigenvalue weighted by Gasteiger charge is 2.02. The van der Waals surface area contributed by atoms with E-state index in [0.717, 1.165) is 17.2 Å². The lowest BCUT2D eigenvalue weighted by Crippen LogP contribution is -1.96. The maximum absolute atomic E-state index is 4.55. The van der Waals surface area contributed by atoms with E-state index < -0.39 is 0 Å². The number of imidazole rings is 1. The summed E-state index contributed by atoms with van der Waals surface area (Å²) in [6, 6.07) is 11.6. The number of hydrogen-bond donors (Lipinski definition) is 0. The summed E-state index contributed by atoms with van der Waals surface area (Å²) in [6.45, 7) is 0. The number of hydrogen-bond acceptors (Lipinski definition) is 3. The first-order chi connectivity index (χ1) is 8.43. The normalized spacial score (nSPS) is 10.4. The van der Waals surface area contributed by atoms with Gasteiger partial charge in [0.1, 0.15) is 12.1 Å². The first-order valence-corrected chi connectivity index (χ1v) is 5.30. The van der Waals surface area contributed by atoms with E-state index >= 15 is 0 Å². The molecule has 0 aliphatic rings. The van der Waals surface area contributed by atoms with Crippen LogP contribution in [0.2, 0.25) is 0 Å². The van der Waals surface area contributed by atoms with Crippen LogP contribution in [-0.4, -0.2) is 19.5 Å². The van der Waals surface area contributed by atoms with Gasteiger partial charge < -0.3 is 0 Å². The van der Waals surface area contributed by atoms with Crippen LogP contribution in [0.1, 0.15) is 0 Å². The van der Waals surface area contributed by atoms with Crippen LogP contribution in [0.4, 0.5) is 0 Å². The van der Waals surface area contributed by atoms with E-state index in [-0.39, 0.29) is 0 Å². The molecule has 0 unspecified atom stereocenters. The van der Waals surface area contributed by atoms with Crippen LogP contribution in [0.15, 0.2) is 61.3 Å². The largest absolute Gasteiger partial charge is 0.291 e. The zero-order chi connectivity index (χ0) is 11.5. The van der Waals surface area contributed by atoms with E-state index in [1.807, 2.05) is 47.2 Å². The van der Waals surface area contributed by atoms with Gasteiger partial charge in [-0.05, 0) is 24.3 Å². The molecular formula is C13H10N4. The minimum atomic E-state index is 0.839. The van der Waals surface area contributed by atoms with Crippen LogP contribution in [0.5, 0.6) is 0 Å². The van der Waals surface area contributed by atoms with Gasteiger partial charge in [0.15, 0.2) is 0 Å². The molecule has 0 N–H and O–H groups in total. The highest BCUT2D eigenvalue weighted by Crippen LogP contribution is 2.15. The molecule has 4 nitrogen and oxygen atoms in total. The molecule has 3 aromatic heterocycles. The van der Waals surface area contributed by atoms with Crippen molar-refractivity contribution in [2.24, 2.45) is 0 Å². The van der Waals surface area contributed by atoms with Gasteiger partial charge in [-0.3, -0.25) is 9.55 Å². The number of rotatable bonds is 2. The molecule has 0 amide bonds. The van der Waals surface area contributed by atoms with E-state index in [0.29, 0.717) is 0 Å².